The number of nitrogens with one attached hydrogen (secondary N) is 2. The second kappa shape index (κ2) is 6.46. The number of hydrogen-bond acceptors (Lipinski definition) is 6. The van der Waals surface area contributed by atoms with Crippen LogP contribution in [0.4, 0.5) is 11.6 Å². The van der Waals surface area contributed by atoms with E-state index in [-0.39, 0.29) is 17.5 Å². The van der Waals surface area contributed by atoms with Gasteiger partial charge in [0.05, 0.1) is 12.2 Å². The molecular formula is C13H14N4O3. The zero-order valence-corrected chi connectivity index (χ0v) is 10.9. The first-order chi connectivity index (χ1) is 9.69. The van der Waals surface area contributed by atoms with E-state index in [0.29, 0.717) is 17.9 Å². The molecule has 7 nitrogen and oxygen atoms in total. The van der Waals surface area contributed by atoms with Gasteiger partial charge in [0.1, 0.15) is 6.20 Å². The fourth-order valence-corrected chi connectivity index (χ4v) is 1.47. The Morgan fingerprint density at radius 1 is 1.35 bits per heavy atom. The van der Waals surface area contributed by atoms with Crippen LogP contribution in [0, 0.1) is 0 Å². The highest BCUT2D eigenvalue weighted by Gasteiger charge is 2.06. The largest absolute Gasteiger partial charge is 0.462 e. The Balaban J connectivity index is 2.05. The molecule has 0 unspecified atom stereocenters. The molecule has 0 spiro atoms. The van der Waals surface area contributed by atoms with Gasteiger partial charge in [-0.3, -0.25) is 9.78 Å². The standard InChI is InChI=1S/C13H14N4O3/c1-2-7-20-12(19)9-3-5-10(6-4-9)15-13-16-11(18)8-14-17-13/h3-6,8H,2,7H2,1H3,(H2,15,16,17,18). The lowest BCUT2D eigenvalue weighted by Crippen LogP contribution is -2.10. The van der Waals surface area contributed by atoms with E-state index < -0.39 is 0 Å². The van der Waals surface area contributed by atoms with Crippen molar-refractivity contribution in [3.63, 3.8) is 0 Å². The van der Waals surface area contributed by atoms with Gasteiger partial charge in [-0.25, -0.2) is 4.79 Å². The second-order valence-electron chi connectivity index (χ2n) is 4.02. The van der Waals surface area contributed by atoms with Gasteiger partial charge in [0.15, 0.2) is 0 Å². The predicted octanol–water partition coefficient (Wildman–Crippen LogP) is 1.48. The summed E-state index contributed by atoms with van der Waals surface area (Å²) >= 11 is 0. The van der Waals surface area contributed by atoms with Crippen LogP contribution in [0.3, 0.4) is 0 Å². The molecule has 2 aromatic rings. The Labute approximate surface area is 115 Å². The molecule has 0 aliphatic heterocycles. The molecule has 104 valence electrons. The van der Waals surface area contributed by atoms with E-state index in [4.69, 9.17) is 4.74 Å². The van der Waals surface area contributed by atoms with Gasteiger partial charge in [0.2, 0.25) is 5.95 Å². The predicted molar refractivity (Wildman–Crippen MR) is 73.0 cm³/mol. The number of ether oxygens (including phenoxy) is 1. The number of rotatable bonds is 5. The van der Waals surface area contributed by atoms with Gasteiger partial charge in [-0.05, 0) is 30.7 Å². The van der Waals surface area contributed by atoms with Crippen LogP contribution in [0.1, 0.15) is 23.7 Å². The first-order valence-corrected chi connectivity index (χ1v) is 6.15. The van der Waals surface area contributed by atoms with Gasteiger partial charge in [-0.2, -0.15) is 0 Å². The second-order valence-corrected chi connectivity index (χ2v) is 4.02. The zero-order valence-electron chi connectivity index (χ0n) is 10.9. The van der Waals surface area contributed by atoms with Crippen molar-refractivity contribution in [2.24, 2.45) is 0 Å². The van der Waals surface area contributed by atoms with E-state index in [2.05, 4.69) is 20.5 Å². The van der Waals surface area contributed by atoms with Crippen LogP contribution >= 0.6 is 0 Å². The van der Waals surface area contributed by atoms with E-state index in [1.807, 2.05) is 6.92 Å². The van der Waals surface area contributed by atoms with E-state index in [1.54, 1.807) is 24.3 Å². The number of anilines is 2. The summed E-state index contributed by atoms with van der Waals surface area (Å²) < 4.78 is 5.02. The van der Waals surface area contributed by atoms with E-state index in [1.165, 1.54) is 0 Å². The van der Waals surface area contributed by atoms with Gasteiger partial charge >= 0.3 is 5.97 Å². The summed E-state index contributed by atoms with van der Waals surface area (Å²) in [6.45, 7) is 2.33. The average molecular weight is 274 g/mol. The van der Waals surface area contributed by atoms with E-state index in [9.17, 15) is 9.59 Å². The summed E-state index contributed by atoms with van der Waals surface area (Å²) in [6, 6.07) is 6.65. The molecule has 1 aromatic heterocycles. The molecule has 0 fully saturated rings. The number of hydrogen-bond donors (Lipinski definition) is 2. The number of carbonyl (C=O) groups excluding carboxylic acids is 1. The third-order valence-electron chi connectivity index (χ3n) is 2.39. The number of nitrogens with zero attached hydrogens (tertiary/aromatic N) is 2. The lowest BCUT2D eigenvalue weighted by atomic mass is 10.2. The van der Waals surface area contributed by atoms with Crippen LogP contribution < -0.4 is 10.9 Å². The fraction of sp³-hybridized carbons (Fsp3) is 0.231. The molecule has 7 heteroatoms. The molecule has 0 atom stereocenters. The van der Waals surface area contributed by atoms with Gasteiger partial charge in [0, 0.05) is 5.69 Å². The topological polar surface area (TPSA) is 97.0 Å². The van der Waals surface area contributed by atoms with Crippen molar-refractivity contribution in [2.75, 3.05) is 11.9 Å². The van der Waals surface area contributed by atoms with Gasteiger partial charge in [-0.15, -0.1) is 10.2 Å². The molecule has 0 saturated heterocycles. The summed E-state index contributed by atoms with van der Waals surface area (Å²) in [5.41, 5.74) is 0.798. The molecule has 0 bridgehead atoms. The normalized spacial score (nSPS) is 10.1. The van der Waals surface area contributed by atoms with Crippen LogP contribution in [0.2, 0.25) is 0 Å². The van der Waals surface area contributed by atoms with Crippen molar-refractivity contribution in [1.82, 2.24) is 15.2 Å². The minimum absolute atomic E-state index is 0.235. The molecule has 0 aliphatic rings. The van der Waals surface area contributed by atoms with E-state index >= 15 is 0 Å². The third-order valence-corrected chi connectivity index (χ3v) is 2.39. The van der Waals surface area contributed by atoms with Crippen molar-refractivity contribution in [1.29, 1.82) is 0 Å². The fourth-order valence-electron chi connectivity index (χ4n) is 1.47. The minimum atomic E-state index is -0.355. The summed E-state index contributed by atoms with van der Waals surface area (Å²) in [5, 5.41) is 10.1. The van der Waals surface area contributed by atoms with Crippen molar-refractivity contribution in [2.45, 2.75) is 13.3 Å². The SMILES string of the molecule is CCCOC(=O)c1ccc(Nc2nncc(=O)[nH]2)cc1. The third kappa shape index (κ3) is 3.64. The van der Waals surface area contributed by atoms with E-state index in [0.717, 1.165) is 12.6 Å². The van der Waals surface area contributed by atoms with Gasteiger partial charge in [-0.1, -0.05) is 6.92 Å². The maximum absolute atomic E-state index is 11.6. The number of H-pyrrole nitrogens is 1. The quantitative estimate of drug-likeness (QED) is 0.801. The molecule has 1 heterocycles. The molecule has 0 aliphatic carbocycles. The Bertz CT molecular complexity index is 637. The molecule has 0 amide bonds. The van der Waals surface area contributed by atoms with Crippen LogP contribution in [-0.4, -0.2) is 27.8 Å². The molecule has 2 N–H and O–H groups in total. The first-order valence-electron chi connectivity index (χ1n) is 6.15. The molecule has 20 heavy (non-hydrogen) atoms. The van der Waals surface area contributed by atoms with Crippen LogP contribution in [0.15, 0.2) is 35.3 Å². The Morgan fingerprint density at radius 2 is 2.10 bits per heavy atom. The Hall–Kier alpha value is -2.70. The zero-order chi connectivity index (χ0) is 14.4. The molecule has 2 rings (SSSR count). The van der Waals surface area contributed by atoms with Crippen molar-refractivity contribution < 1.29 is 9.53 Å². The lowest BCUT2D eigenvalue weighted by molar-refractivity contribution is 0.0505. The maximum Gasteiger partial charge on any atom is 0.338 e. The van der Waals surface area contributed by atoms with Gasteiger partial charge in [0.25, 0.3) is 5.56 Å². The maximum atomic E-state index is 11.6. The molecule has 0 saturated carbocycles. The number of benzene rings is 1. The molecule has 0 radical (unpaired) electrons. The van der Waals surface area contributed by atoms with Crippen molar-refractivity contribution in [3.05, 3.63) is 46.4 Å². The smallest absolute Gasteiger partial charge is 0.338 e. The summed E-state index contributed by atoms with van der Waals surface area (Å²) in [6.07, 6.45) is 1.86. The lowest BCUT2D eigenvalue weighted by Gasteiger charge is -2.06. The highest BCUT2D eigenvalue weighted by atomic mass is 16.5. The molecular weight excluding hydrogens is 260 g/mol. The number of aromatic amines is 1. The minimum Gasteiger partial charge on any atom is -0.462 e. The monoisotopic (exact) mass is 274 g/mol. The van der Waals surface area contributed by atoms with Gasteiger partial charge < -0.3 is 10.1 Å². The summed E-state index contributed by atoms with van der Waals surface area (Å²) in [7, 11) is 0. The highest BCUT2D eigenvalue weighted by molar-refractivity contribution is 5.89. The number of esters is 1. The summed E-state index contributed by atoms with van der Waals surface area (Å²) in [5.74, 6) is -0.120. The average Bonchev–Trinajstić information content (AvgIpc) is 2.45. The highest BCUT2D eigenvalue weighted by Crippen LogP contribution is 2.13. The van der Waals surface area contributed by atoms with Crippen LogP contribution in [0.5, 0.6) is 0 Å². The van der Waals surface area contributed by atoms with Crippen molar-refractivity contribution >= 4 is 17.6 Å². The first kappa shape index (κ1) is 13.7. The van der Waals surface area contributed by atoms with Crippen molar-refractivity contribution in [3.8, 4) is 0 Å². The Morgan fingerprint density at radius 3 is 2.75 bits per heavy atom. The number of carbonyl (C=O) groups is 1. The van der Waals surface area contributed by atoms with Crippen LogP contribution in [-0.2, 0) is 4.74 Å². The Kier molecular flexibility index (Phi) is 4.43. The summed E-state index contributed by atoms with van der Waals surface area (Å²) in [4.78, 5) is 25.2. The number of aromatic nitrogens is 3. The van der Waals surface area contributed by atoms with Crippen LogP contribution in [0.25, 0.3) is 0 Å². The molecule has 1 aromatic carbocycles.